The highest BCUT2D eigenvalue weighted by molar-refractivity contribution is 7.10. The van der Waals surface area contributed by atoms with Crippen LogP contribution in [0.25, 0.3) is 0 Å². The molecule has 4 N–H and O–H groups in total. The van der Waals surface area contributed by atoms with Crippen LogP contribution in [0.1, 0.15) is 66.5 Å². The first kappa shape index (κ1) is 36.1. The summed E-state index contributed by atoms with van der Waals surface area (Å²) in [6, 6.07) is 0.704. The molecule has 1 atom stereocenters. The van der Waals surface area contributed by atoms with E-state index in [0.29, 0.717) is 57.5 Å². The number of carbonyl (C=O) groups is 3. The number of benzene rings is 1. The Balaban J connectivity index is 1.18. The lowest BCUT2D eigenvalue weighted by Crippen LogP contribution is -2.57. The molecule has 5 heterocycles. The summed E-state index contributed by atoms with van der Waals surface area (Å²) < 4.78 is 83.1. The number of halogens is 6. The van der Waals surface area contributed by atoms with Crippen molar-refractivity contribution in [1.82, 2.24) is 24.9 Å². The Morgan fingerprint density at radius 1 is 0.880 bits per heavy atom. The summed E-state index contributed by atoms with van der Waals surface area (Å²) in [6.07, 6.45) is -5.33. The van der Waals surface area contributed by atoms with Gasteiger partial charge in [-0.05, 0) is 80.8 Å². The van der Waals surface area contributed by atoms with E-state index in [-0.39, 0.29) is 31.2 Å². The Hall–Kier alpha value is -3.73. The number of nitrogen functional groups attached to an aromatic ring is 1. The maximum absolute atomic E-state index is 14.0. The quantitative estimate of drug-likeness (QED) is 0.250. The van der Waals surface area contributed by atoms with Gasteiger partial charge in [0, 0.05) is 49.6 Å². The molecule has 10 nitrogen and oxygen atoms in total. The second-order valence-corrected chi connectivity index (χ2v) is 14.5. The molecule has 3 saturated heterocycles. The highest BCUT2D eigenvalue weighted by Crippen LogP contribution is 2.42. The van der Waals surface area contributed by atoms with E-state index in [0.717, 1.165) is 36.5 Å². The summed E-state index contributed by atoms with van der Waals surface area (Å²) in [6.45, 7) is 3.57. The molecule has 1 aromatic heterocycles. The molecule has 3 fully saturated rings. The number of nitrogens with one attached hydrogen (secondary N) is 2. The van der Waals surface area contributed by atoms with Crippen LogP contribution in [0, 0.1) is 0 Å². The molecule has 6 rings (SSSR count). The summed E-state index contributed by atoms with van der Waals surface area (Å²) in [4.78, 5) is 48.5. The molecule has 1 aromatic carbocycles. The van der Waals surface area contributed by atoms with Crippen LogP contribution in [0.2, 0.25) is 0 Å². The third-order valence-corrected chi connectivity index (χ3v) is 11.2. The van der Waals surface area contributed by atoms with Crippen molar-refractivity contribution in [1.29, 1.82) is 0 Å². The number of nitrogens with zero attached hydrogens (tertiary/aromatic N) is 4. The molecule has 2 aromatic rings. The zero-order valence-electron chi connectivity index (χ0n) is 27.4. The molecule has 0 bridgehead atoms. The first-order chi connectivity index (χ1) is 23.7. The highest BCUT2D eigenvalue weighted by atomic mass is 32.1. The molecule has 0 aliphatic carbocycles. The Bertz CT molecular complexity index is 1530. The molecule has 0 unspecified atom stereocenters. The Morgan fingerprint density at radius 2 is 1.46 bits per heavy atom. The van der Waals surface area contributed by atoms with Gasteiger partial charge in [-0.2, -0.15) is 26.3 Å². The second-order valence-electron chi connectivity index (χ2n) is 13.5. The van der Waals surface area contributed by atoms with Crippen molar-refractivity contribution in [2.45, 2.75) is 88.4 Å². The van der Waals surface area contributed by atoms with Crippen molar-refractivity contribution < 1.29 is 40.7 Å². The predicted octanol–water partition coefficient (Wildman–Crippen LogP) is 5.98. The first-order valence-electron chi connectivity index (χ1n) is 17.0. The van der Waals surface area contributed by atoms with Gasteiger partial charge in [-0.25, -0.2) is 9.59 Å². The van der Waals surface area contributed by atoms with E-state index in [9.17, 15) is 40.7 Å². The van der Waals surface area contributed by atoms with Crippen molar-refractivity contribution in [3.63, 3.8) is 0 Å². The summed E-state index contributed by atoms with van der Waals surface area (Å²) >= 11 is 1.53. The lowest BCUT2D eigenvalue weighted by Gasteiger charge is -2.41. The molecule has 5 amide bonds. The molecule has 4 aliphatic rings. The maximum atomic E-state index is 14.0. The van der Waals surface area contributed by atoms with Gasteiger partial charge in [-0.15, -0.1) is 11.3 Å². The van der Waals surface area contributed by atoms with E-state index < -0.39 is 59.1 Å². The van der Waals surface area contributed by atoms with Gasteiger partial charge in [0.15, 0.2) is 0 Å². The van der Waals surface area contributed by atoms with Gasteiger partial charge in [0.2, 0.25) is 5.91 Å². The van der Waals surface area contributed by atoms with Crippen LogP contribution in [0.5, 0.6) is 0 Å². The number of urea groups is 2. The Morgan fingerprint density at radius 3 is 2.06 bits per heavy atom. The third kappa shape index (κ3) is 7.92. The van der Waals surface area contributed by atoms with Gasteiger partial charge in [0.05, 0.1) is 29.0 Å². The predicted molar refractivity (Wildman–Crippen MR) is 175 cm³/mol. The third-order valence-electron chi connectivity index (χ3n) is 10.3. The van der Waals surface area contributed by atoms with Crippen molar-refractivity contribution in [3.05, 3.63) is 45.1 Å². The van der Waals surface area contributed by atoms with Gasteiger partial charge in [-0.1, -0.05) is 6.42 Å². The van der Waals surface area contributed by atoms with Crippen molar-refractivity contribution in [2.24, 2.45) is 0 Å². The number of likely N-dealkylation sites (tertiary alicyclic amines) is 3. The number of anilines is 2. The van der Waals surface area contributed by atoms with Gasteiger partial charge in [0.25, 0.3) is 0 Å². The van der Waals surface area contributed by atoms with Crippen molar-refractivity contribution >= 4 is 40.7 Å². The lowest BCUT2D eigenvalue weighted by molar-refractivity contribution is -0.141. The number of alkyl halides is 6. The van der Waals surface area contributed by atoms with E-state index in [4.69, 9.17) is 5.73 Å². The zero-order chi connectivity index (χ0) is 35.8. The Labute approximate surface area is 289 Å². The van der Waals surface area contributed by atoms with Gasteiger partial charge in [0.1, 0.15) is 6.04 Å². The highest BCUT2D eigenvalue weighted by Gasteiger charge is 2.42. The number of rotatable bonds is 6. The standard InChI is InChI=1S/C33H41F6N7O3S/c34-32(35,36)23-16-20(17-24(28(23)40)33(37,38)39)18-26(29(47)44-11-4-21(5-12-44)43-9-2-1-3-10-43)42-30(48)45-13-6-22(7-14-45)46-19-27-25(8-15-50-27)41-31(46)49/h8,15-17,21-22,26H,1-7,9-14,18-19,40H2,(H,41,49)(H,42,48)/t26-/m1/s1. The number of nitrogens with two attached hydrogens (primary N) is 1. The summed E-state index contributed by atoms with van der Waals surface area (Å²) in [5.74, 6) is -0.569. The smallest absolute Gasteiger partial charge is 0.398 e. The average molecular weight is 730 g/mol. The van der Waals surface area contributed by atoms with E-state index in [1.807, 2.05) is 11.4 Å². The van der Waals surface area contributed by atoms with E-state index in [1.54, 1.807) is 4.90 Å². The fourth-order valence-corrected chi connectivity index (χ4v) is 8.42. The van der Waals surface area contributed by atoms with Gasteiger partial charge < -0.3 is 36.0 Å². The largest absolute Gasteiger partial charge is 0.418 e. The van der Waals surface area contributed by atoms with Gasteiger partial charge in [-0.3, -0.25) is 4.79 Å². The number of piperidine rings is 3. The monoisotopic (exact) mass is 729 g/mol. The molecule has 0 spiro atoms. The van der Waals surface area contributed by atoms with E-state index in [2.05, 4.69) is 15.5 Å². The molecule has 4 aliphatic heterocycles. The number of hydrogen-bond donors (Lipinski definition) is 3. The second kappa shape index (κ2) is 14.5. The average Bonchev–Trinajstić information content (AvgIpc) is 3.54. The van der Waals surface area contributed by atoms with E-state index >= 15 is 0 Å². The van der Waals surface area contributed by atoms with Crippen LogP contribution in [0.15, 0.2) is 23.6 Å². The number of amides is 5. The fraction of sp³-hybridized carbons (Fsp3) is 0.606. The molecule has 50 heavy (non-hydrogen) atoms. The maximum Gasteiger partial charge on any atom is 0.418 e. The number of hydrogen-bond acceptors (Lipinski definition) is 6. The lowest BCUT2D eigenvalue weighted by atomic mass is 9.95. The minimum Gasteiger partial charge on any atom is -0.398 e. The number of fused-ring (bicyclic) bond motifs is 1. The molecular formula is C33H41F6N7O3S. The normalized spacial score (nSPS) is 20.8. The molecule has 0 radical (unpaired) electrons. The van der Waals surface area contributed by atoms with Crippen molar-refractivity contribution in [2.75, 3.05) is 50.3 Å². The van der Waals surface area contributed by atoms with Gasteiger partial charge >= 0.3 is 24.4 Å². The zero-order valence-corrected chi connectivity index (χ0v) is 28.2. The van der Waals surface area contributed by atoms with Crippen LogP contribution >= 0.6 is 11.3 Å². The van der Waals surface area contributed by atoms with Crippen LogP contribution in [-0.2, 0) is 30.1 Å². The number of carbonyl (C=O) groups excluding carboxylic acids is 3. The summed E-state index contributed by atoms with van der Waals surface area (Å²) in [5, 5.41) is 7.42. The molecular weight excluding hydrogens is 688 g/mol. The molecule has 17 heteroatoms. The number of thiophene rings is 1. The summed E-state index contributed by atoms with van der Waals surface area (Å²) in [5.41, 5.74) is 0.961. The topological polar surface area (TPSA) is 114 Å². The Kier molecular flexibility index (Phi) is 10.4. The molecule has 0 saturated carbocycles. The molecule has 274 valence electrons. The van der Waals surface area contributed by atoms with Crippen LogP contribution in [-0.4, -0.2) is 95.0 Å². The van der Waals surface area contributed by atoms with E-state index in [1.165, 1.54) is 27.6 Å². The van der Waals surface area contributed by atoms with Crippen molar-refractivity contribution in [3.8, 4) is 0 Å². The minimum atomic E-state index is -5.18. The fourth-order valence-electron chi connectivity index (χ4n) is 7.59. The first-order valence-corrected chi connectivity index (χ1v) is 17.9. The SMILES string of the molecule is Nc1c(C(F)(F)F)cc(C[C@@H](NC(=O)N2CCC(N3Cc4sccc4NC3=O)CC2)C(=O)N2CCC(N3CCCCC3)CC2)cc1C(F)(F)F. The minimum absolute atomic E-state index is 0.149. The van der Waals surface area contributed by atoms with Crippen LogP contribution < -0.4 is 16.4 Å². The van der Waals surface area contributed by atoms with Crippen LogP contribution in [0.4, 0.5) is 47.3 Å². The van der Waals surface area contributed by atoms with Crippen LogP contribution in [0.3, 0.4) is 0 Å². The summed E-state index contributed by atoms with van der Waals surface area (Å²) in [7, 11) is 0.